The van der Waals surface area contributed by atoms with Crippen LogP contribution in [0.2, 0.25) is 0 Å². The van der Waals surface area contributed by atoms with Gasteiger partial charge in [-0.2, -0.15) is 5.26 Å². The number of nitriles is 1. The van der Waals surface area contributed by atoms with Crippen molar-refractivity contribution in [3.8, 4) is 34.7 Å². The minimum Gasteiger partial charge on any atom is -0.493 e. The lowest BCUT2D eigenvalue weighted by atomic mass is 10.1. The van der Waals surface area contributed by atoms with Crippen LogP contribution in [0, 0.1) is 11.3 Å². The van der Waals surface area contributed by atoms with Gasteiger partial charge >= 0.3 is 0 Å². The van der Waals surface area contributed by atoms with E-state index in [-0.39, 0.29) is 0 Å². The molecule has 0 aliphatic heterocycles. The van der Waals surface area contributed by atoms with Gasteiger partial charge in [0, 0.05) is 24.7 Å². The molecule has 0 bridgehead atoms. The predicted octanol–water partition coefficient (Wildman–Crippen LogP) is 4.11. The molecule has 172 valence electrons. The summed E-state index contributed by atoms with van der Waals surface area (Å²) in [4.78, 5) is 13.8. The number of benzene rings is 2. The fourth-order valence-electron chi connectivity index (χ4n) is 3.55. The minimum atomic E-state index is 0.480. The zero-order valence-corrected chi connectivity index (χ0v) is 19.1. The van der Waals surface area contributed by atoms with Crippen molar-refractivity contribution in [2.24, 2.45) is 0 Å². The molecule has 4 aromatic rings. The van der Waals surface area contributed by atoms with Crippen LogP contribution < -0.4 is 24.8 Å². The lowest BCUT2D eigenvalue weighted by molar-refractivity contribution is 0.325. The SMILES string of the molecule is COc1ccc(-c2nc(NCCNc3ccc(C#N)cn3)c3ccccc3n2)c(OC)c1OC. The number of pyridine rings is 1. The number of ether oxygens (including phenoxy) is 3. The first-order chi connectivity index (χ1) is 16.7. The maximum absolute atomic E-state index is 8.89. The van der Waals surface area contributed by atoms with E-state index in [4.69, 9.17) is 29.4 Å². The van der Waals surface area contributed by atoms with Crippen molar-refractivity contribution in [3.63, 3.8) is 0 Å². The Morgan fingerprint density at radius 3 is 2.35 bits per heavy atom. The highest BCUT2D eigenvalue weighted by molar-refractivity contribution is 5.91. The number of rotatable bonds is 9. The lowest BCUT2D eigenvalue weighted by Gasteiger charge is -2.16. The highest BCUT2D eigenvalue weighted by atomic mass is 16.5. The van der Waals surface area contributed by atoms with Gasteiger partial charge < -0.3 is 24.8 Å². The summed E-state index contributed by atoms with van der Waals surface area (Å²) < 4.78 is 16.6. The number of anilines is 2. The molecular weight excluding hydrogens is 432 g/mol. The van der Waals surface area contributed by atoms with Crippen molar-refractivity contribution >= 4 is 22.5 Å². The summed E-state index contributed by atoms with van der Waals surface area (Å²) in [6, 6.07) is 17.0. The number of nitrogens with zero attached hydrogens (tertiary/aromatic N) is 4. The van der Waals surface area contributed by atoms with E-state index in [0.29, 0.717) is 58.9 Å². The van der Waals surface area contributed by atoms with Crippen LogP contribution in [0.1, 0.15) is 5.56 Å². The summed E-state index contributed by atoms with van der Waals surface area (Å²) in [7, 11) is 4.71. The minimum absolute atomic E-state index is 0.480. The van der Waals surface area contributed by atoms with Crippen LogP contribution in [-0.2, 0) is 0 Å². The molecule has 2 N–H and O–H groups in total. The van der Waals surface area contributed by atoms with E-state index in [1.165, 1.54) is 6.20 Å². The molecule has 0 radical (unpaired) electrons. The predicted molar refractivity (Wildman–Crippen MR) is 131 cm³/mol. The molecule has 0 aliphatic carbocycles. The van der Waals surface area contributed by atoms with Crippen molar-refractivity contribution in [1.29, 1.82) is 5.26 Å². The third-order valence-electron chi connectivity index (χ3n) is 5.16. The molecule has 0 atom stereocenters. The Labute approximate surface area is 197 Å². The molecule has 2 aromatic heterocycles. The highest BCUT2D eigenvalue weighted by Gasteiger charge is 2.20. The van der Waals surface area contributed by atoms with E-state index in [1.54, 1.807) is 39.5 Å². The monoisotopic (exact) mass is 456 g/mol. The highest BCUT2D eigenvalue weighted by Crippen LogP contribution is 2.43. The third-order valence-corrected chi connectivity index (χ3v) is 5.16. The molecule has 2 heterocycles. The number of hydrogen-bond acceptors (Lipinski definition) is 9. The molecule has 0 aliphatic rings. The normalized spacial score (nSPS) is 10.4. The molecule has 9 heteroatoms. The van der Waals surface area contributed by atoms with Gasteiger partial charge in [0.05, 0.1) is 38.0 Å². The van der Waals surface area contributed by atoms with Gasteiger partial charge in [-0.3, -0.25) is 0 Å². The Morgan fingerprint density at radius 1 is 0.853 bits per heavy atom. The molecule has 9 nitrogen and oxygen atoms in total. The van der Waals surface area contributed by atoms with Gasteiger partial charge in [-0.15, -0.1) is 0 Å². The number of nitrogens with one attached hydrogen (secondary N) is 2. The number of methoxy groups -OCH3 is 3. The van der Waals surface area contributed by atoms with Gasteiger partial charge in [0.2, 0.25) is 5.75 Å². The number of para-hydroxylation sites is 1. The molecular formula is C25H24N6O3. The summed E-state index contributed by atoms with van der Waals surface area (Å²) in [5.74, 6) is 3.44. The van der Waals surface area contributed by atoms with Crippen molar-refractivity contribution in [2.75, 3.05) is 45.1 Å². The fraction of sp³-hybridized carbons (Fsp3) is 0.200. The van der Waals surface area contributed by atoms with Crippen LogP contribution in [0.5, 0.6) is 17.2 Å². The van der Waals surface area contributed by atoms with Crippen LogP contribution in [-0.4, -0.2) is 49.4 Å². The third kappa shape index (κ3) is 4.61. The van der Waals surface area contributed by atoms with Crippen LogP contribution in [0.15, 0.2) is 54.7 Å². The smallest absolute Gasteiger partial charge is 0.204 e. The topological polar surface area (TPSA) is 114 Å². The van der Waals surface area contributed by atoms with Gasteiger partial charge in [-0.25, -0.2) is 15.0 Å². The molecule has 0 fully saturated rings. The van der Waals surface area contributed by atoms with Crippen molar-refractivity contribution in [2.45, 2.75) is 0 Å². The Morgan fingerprint density at radius 2 is 1.65 bits per heavy atom. The first-order valence-electron chi connectivity index (χ1n) is 10.6. The van der Waals surface area contributed by atoms with Crippen LogP contribution in [0.4, 0.5) is 11.6 Å². The molecule has 0 saturated heterocycles. The second-order valence-corrected chi connectivity index (χ2v) is 7.19. The maximum Gasteiger partial charge on any atom is 0.204 e. The van der Waals surface area contributed by atoms with Crippen molar-refractivity contribution in [3.05, 3.63) is 60.3 Å². The molecule has 2 aromatic carbocycles. The molecule has 0 spiro atoms. The fourth-order valence-corrected chi connectivity index (χ4v) is 3.55. The molecule has 34 heavy (non-hydrogen) atoms. The second kappa shape index (κ2) is 10.4. The number of aromatic nitrogens is 3. The van der Waals surface area contributed by atoms with Gasteiger partial charge in [-0.05, 0) is 36.4 Å². The summed E-state index contributed by atoms with van der Waals surface area (Å²) >= 11 is 0. The van der Waals surface area contributed by atoms with E-state index in [1.807, 2.05) is 30.3 Å². The first-order valence-corrected chi connectivity index (χ1v) is 10.6. The average Bonchev–Trinajstić information content (AvgIpc) is 2.90. The summed E-state index contributed by atoms with van der Waals surface area (Å²) in [5.41, 5.74) is 2.01. The summed E-state index contributed by atoms with van der Waals surface area (Å²) in [6.45, 7) is 1.19. The second-order valence-electron chi connectivity index (χ2n) is 7.19. The zero-order valence-electron chi connectivity index (χ0n) is 19.1. The summed E-state index contributed by atoms with van der Waals surface area (Å²) in [6.07, 6.45) is 1.54. The largest absolute Gasteiger partial charge is 0.493 e. The van der Waals surface area contributed by atoms with Gasteiger partial charge in [0.15, 0.2) is 17.3 Å². The lowest BCUT2D eigenvalue weighted by Crippen LogP contribution is -2.15. The Kier molecular flexibility index (Phi) is 6.89. The first kappa shape index (κ1) is 22.6. The zero-order chi connectivity index (χ0) is 23.9. The molecule has 0 unspecified atom stereocenters. The van der Waals surface area contributed by atoms with E-state index in [9.17, 15) is 0 Å². The van der Waals surface area contributed by atoms with Crippen LogP contribution in [0.25, 0.3) is 22.3 Å². The van der Waals surface area contributed by atoms with Gasteiger partial charge in [0.25, 0.3) is 0 Å². The average molecular weight is 457 g/mol. The molecule has 0 saturated carbocycles. The quantitative estimate of drug-likeness (QED) is 0.359. The van der Waals surface area contributed by atoms with Crippen LogP contribution in [0.3, 0.4) is 0 Å². The Hall–Kier alpha value is -4.58. The van der Waals surface area contributed by atoms with E-state index >= 15 is 0 Å². The summed E-state index contributed by atoms with van der Waals surface area (Å²) in [5, 5.41) is 16.4. The maximum atomic E-state index is 8.89. The van der Waals surface area contributed by atoms with Crippen LogP contribution >= 0.6 is 0 Å². The molecule has 4 rings (SSSR count). The van der Waals surface area contributed by atoms with Gasteiger partial charge in [-0.1, -0.05) is 12.1 Å². The number of fused-ring (bicyclic) bond motifs is 1. The van der Waals surface area contributed by atoms with Crippen molar-refractivity contribution < 1.29 is 14.2 Å². The van der Waals surface area contributed by atoms with Crippen molar-refractivity contribution in [1.82, 2.24) is 15.0 Å². The number of hydrogen-bond donors (Lipinski definition) is 2. The molecule has 0 amide bonds. The van der Waals surface area contributed by atoms with E-state index < -0.39 is 0 Å². The van der Waals surface area contributed by atoms with E-state index in [0.717, 1.165) is 10.9 Å². The van der Waals surface area contributed by atoms with Gasteiger partial charge in [0.1, 0.15) is 17.7 Å². The Balaban J connectivity index is 1.62. The van der Waals surface area contributed by atoms with E-state index in [2.05, 4.69) is 21.7 Å². The Bertz CT molecular complexity index is 1340. The standard InChI is InChI=1S/C25H24N6O3/c1-32-20-10-9-18(22(33-2)23(20)34-3)25-30-19-7-5-4-6-17(19)24(31-25)28-13-12-27-21-11-8-16(14-26)15-29-21/h4-11,15H,12-13H2,1-3H3,(H,27,29)(H,28,30,31).